The van der Waals surface area contributed by atoms with E-state index in [1.165, 1.54) is 12.1 Å². The molecule has 1 aromatic carbocycles. The van der Waals surface area contributed by atoms with Crippen LogP contribution in [-0.4, -0.2) is 58.2 Å². The third-order valence-electron chi connectivity index (χ3n) is 8.64. The summed E-state index contributed by atoms with van der Waals surface area (Å²) in [6.07, 6.45) is -1.47. The van der Waals surface area contributed by atoms with Crippen molar-refractivity contribution < 1.29 is 27.5 Å². The van der Waals surface area contributed by atoms with Gasteiger partial charge in [-0.15, -0.1) is 0 Å². The Morgan fingerprint density at radius 1 is 1.18 bits per heavy atom. The van der Waals surface area contributed by atoms with Gasteiger partial charge in [0.05, 0.1) is 11.5 Å². The fourth-order valence-corrected chi connectivity index (χ4v) is 6.72. The van der Waals surface area contributed by atoms with Crippen LogP contribution in [0.5, 0.6) is 0 Å². The van der Waals surface area contributed by atoms with Crippen LogP contribution in [0.4, 0.5) is 29.3 Å². The Bertz CT molecular complexity index is 1280. The molecule has 3 heterocycles. The first-order valence-electron chi connectivity index (χ1n) is 13.3. The van der Waals surface area contributed by atoms with Crippen LogP contribution in [-0.2, 0) is 11.0 Å². The molecule has 2 unspecified atom stereocenters. The van der Waals surface area contributed by atoms with Crippen LogP contribution < -0.4 is 10.2 Å². The summed E-state index contributed by atoms with van der Waals surface area (Å²) in [5, 5.41) is 11.8. The van der Waals surface area contributed by atoms with Crippen molar-refractivity contribution in [3.63, 3.8) is 0 Å². The Labute approximate surface area is 239 Å². The fraction of sp³-hybridized carbons (Fsp3) is 0.593. The van der Waals surface area contributed by atoms with Crippen molar-refractivity contribution in [3.8, 4) is 0 Å². The van der Waals surface area contributed by atoms with Crippen LogP contribution in [0.3, 0.4) is 0 Å². The van der Waals surface area contributed by atoms with E-state index in [-0.39, 0.29) is 28.7 Å². The molecular formula is C27H31Cl2F4N5O2. The minimum Gasteiger partial charge on any atom is -0.481 e. The number of nitrogens with zero attached hydrogens (tertiary/aromatic N) is 4. The number of hydrogen-bond acceptors (Lipinski definition) is 6. The lowest BCUT2D eigenvalue weighted by Crippen LogP contribution is -2.58. The summed E-state index contributed by atoms with van der Waals surface area (Å²) in [7, 11) is 0. The summed E-state index contributed by atoms with van der Waals surface area (Å²) in [6.45, 7) is 6.29. The summed E-state index contributed by atoms with van der Waals surface area (Å²) in [5.74, 6) is -0.868. The predicted molar refractivity (Wildman–Crippen MR) is 144 cm³/mol. The Kier molecular flexibility index (Phi) is 7.86. The number of anilines is 2. The number of carboxylic acid groups (broad SMARTS) is 1. The molecule has 0 radical (unpaired) electrons. The van der Waals surface area contributed by atoms with Crippen LogP contribution in [0.1, 0.15) is 56.8 Å². The molecule has 2 saturated heterocycles. The molecule has 218 valence electrons. The molecular weight excluding hydrogens is 573 g/mol. The zero-order chi connectivity index (χ0) is 29.0. The maximum Gasteiger partial charge on any atom is 0.435 e. The number of carbonyl (C=O) groups is 1. The van der Waals surface area contributed by atoms with Crippen molar-refractivity contribution in [1.82, 2.24) is 14.9 Å². The first kappa shape index (κ1) is 29.1. The van der Waals surface area contributed by atoms with Gasteiger partial charge in [-0.05, 0) is 75.6 Å². The van der Waals surface area contributed by atoms with Gasteiger partial charge < -0.3 is 20.2 Å². The van der Waals surface area contributed by atoms with Gasteiger partial charge in [-0.25, -0.2) is 9.37 Å². The van der Waals surface area contributed by atoms with Crippen molar-refractivity contribution in [2.24, 2.45) is 17.3 Å². The quantitative estimate of drug-likeness (QED) is 0.349. The van der Waals surface area contributed by atoms with Gasteiger partial charge in [-0.1, -0.05) is 29.3 Å². The van der Waals surface area contributed by atoms with Crippen molar-refractivity contribution in [3.05, 3.63) is 45.3 Å². The zero-order valence-electron chi connectivity index (χ0n) is 22.1. The number of alkyl halides is 3. The van der Waals surface area contributed by atoms with Gasteiger partial charge in [0.2, 0.25) is 5.95 Å². The molecule has 3 fully saturated rings. The second-order valence-corrected chi connectivity index (χ2v) is 12.3. The number of benzene rings is 1. The number of carboxylic acids is 1. The maximum absolute atomic E-state index is 13.9. The fourth-order valence-electron chi connectivity index (χ4n) is 6.14. The highest BCUT2D eigenvalue weighted by Crippen LogP contribution is 2.46. The maximum atomic E-state index is 13.9. The summed E-state index contributed by atoms with van der Waals surface area (Å²) >= 11 is 12.3. The largest absolute Gasteiger partial charge is 0.481 e. The van der Waals surface area contributed by atoms with Crippen molar-refractivity contribution in [2.45, 2.75) is 57.8 Å². The van der Waals surface area contributed by atoms with Crippen molar-refractivity contribution in [1.29, 1.82) is 0 Å². The number of halogens is 6. The lowest BCUT2D eigenvalue weighted by molar-refractivity contribution is -0.158. The standard InChI is InChI=1S/C27H31Cl2F4N5O2/c1-14(19-6-5-17(30)8-20(19)28)34-23-21(29)22(27(31,32)33)35-25(36-23)38-12-16(13-38)15-4-3-7-37(11-15)18-9-26(2,10-18)24(39)40/h5-6,8,14-16,18H,3-4,7,9-13H2,1-2H3,(H,39,40)(H,34,35,36). The second kappa shape index (κ2) is 10.8. The number of nitrogens with one attached hydrogen (secondary N) is 1. The predicted octanol–water partition coefficient (Wildman–Crippen LogP) is 6.52. The Morgan fingerprint density at radius 2 is 1.88 bits per heavy atom. The van der Waals surface area contributed by atoms with E-state index in [1.807, 2.05) is 0 Å². The Hall–Kier alpha value is -2.37. The zero-order valence-corrected chi connectivity index (χ0v) is 23.6. The normalized spacial score (nSPS) is 26.6. The van der Waals surface area contributed by atoms with Crippen molar-refractivity contribution >= 4 is 40.9 Å². The summed E-state index contributed by atoms with van der Waals surface area (Å²) in [5.41, 5.74) is -1.40. The second-order valence-electron chi connectivity index (χ2n) is 11.6. The third-order valence-corrected chi connectivity index (χ3v) is 9.33. The molecule has 40 heavy (non-hydrogen) atoms. The number of aromatic nitrogens is 2. The van der Waals surface area contributed by atoms with E-state index in [1.54, 1.807) is 18.7 Å². The molecule has 2 N–H and O–H groups in total. The van der Waals surface area contributed by atoms with E-state index in [0.29, 0.717) is 37.4 Å². The highest BCUT2D eigenvalue weighted by molar-refractivity contribution is 6.33. The van der Waals surface area contributed by atoms with Gasteiger partial charge in [-0.2, -0.15) is 18.2 Å². The molecule has 0 amide bonds. The highest BCUT2D eigenvalue weighted by Gasteiger charge is 2.50. The van der Waals surface area contributed by atoms with Crippen LogP contribution in [0.25, 0.3) is 0 Å². The Morgan fingerprint density at radius 3 is 2.50 bits per heavy atom. The van der Waals surface area contributed by atoms with Crippen LogP contribution in [0.15, 0.2) is 18.2 Å². The number of likely N-dealkylation sites (tertiary alicyclic amines) is 1. The van der Waals surface area contributed by atoms with E-state index in [0.717, 1.165) is 32.0 Å². The van der Waals surface area contributed by atoms with Gasteiger partial charge in [0.25, 0.3) is 0 Å². The monoisotopic (exact) mass is 603 g/mol. The molecule has 2 atom stereocenters. The van der Waals surface area contributed by atoms with Gasteiger partial charge >= 0.3 is 12.1 Å². The third kappa shape index (κ3) is 5.69. The summed E-state index contributed by atoms with van der Waals surface area (Å²) in [4.78, 5) is 23.7. The molecule has 0 spiro atoms. The minimum atomic E-state index is -4.79. The molecule has 3 aliphatic rings. The molecule has 2 aromatic rings. The summed E-state index contributed by atoms with van der Waals surface area (Å²) < 4.78 is 55.1. The molecule has 13 heteroatoms. The topological polar surface area (TPSA) is 81.6 Å². The van der Waals surface area contributed by atoms with Crippen molar-refractivity contribution in [2.75, 3.05) is 36.4 Å². The number of piperidine rings is 1. The first-order valence-corrected chi connectivity index (χ1v) is 14.1. The van der Waals surface area contributed by atoms with E-state index < -0.39 is 40.1 Å². The van der Waals surface area contributed by atoms with Gasteiger partial charge in [0.1, 0.15) is 10.8 Å². The summed E-state index contributed by atoms with van der Waals surface area (Å²) in [6, 6.07) is 3.46. The van der Waals surface area contributed by atoms with E-state index in [2.05, 4.69) is 20.2 Å². The van der Waals surface area contributed by atoms with Crippen LogP contribution in [0, 0.1) is 23.1 Å². The average molecular weight is 604 g/mol. The number of rotatable bonds is 7. The van der Waals surface area contributed by atoms with E-state index >= 15 is 0 Å². The van der Waals surface area contributed by atoms with Gasteiger partial charge in [0, 0.05) is 30.7 Å². The smallest absolute Gasteiger partial charge is 0.435 e. The van der Waals surface area contributed by atoms with E-state index in [9.17, 15) is 27.5 Å². The van der Waals surface area contributed by atoms with Gasteiger partial charge in [0.15, 0.2) is 11.5 Å². The molecule has 5 rings (SSSR count). The minimum absolute atomic E-state index is 0.0586. The molecule has 1 saturated carbocycles. The van der Waals surface area contributed by atoms with E-state index in [4.69, 9.17) is 23.2 Å². The number of hydrogen-bond donors (Lipinski definition) is 2. The lowest BCUT2D eigenvalue weighted by Gasteiger charge is -2.52. The van der Waals surface area contributed by atoms with Gasteiger partial charge in [-0.3, -0.25) is 4.79 Å². The SMILES string of the molecule is CC(Nc1nc(N2CC(C3CCCN(C4CC(C)(C(=O)O)C4)C3)C2)nc(C(F)(F)F)c1Cl)c1ccc(F)cc1Cl. The van der Waals surface area contributed by atoms with Crippen LogP contribution in [0.2, 0.25) is 10.0 Å². The van der Waals surface area contributed by atoms with Crippen LogP contribution >= 0.6 is 23.2 Å². The number of aliphatic carboxylic acids is 1. The molecule has 1 aliphatic carbocycles. The first-order chi connectivity index (χ1) is 18.7. The average Bonchev–Trinajstić information content (AvgIpc) is 2.82. The Balaban J connectivity index is 1.28. The lowest BCUT2D eigenvalue weighted by atomic mass is 9.65. The highest BCUT2D eigenvalue weighted by atomic mass is 35.5. The molecule has 7 nitrogen and oxygen atoms in total. The molecule has 0 bridgehead atoms. The molecule has 2 aliphatic heterocycles. The molecule has 1 aromatic heterocycles.